The quantitative estimate of drug-likeness (QED) is 0.925. The topological polar surface area (TPSA) is 69.0 Å². The average molecular weight is 325 g/mol. The highest BCUT2D eigenvalue weighted by molar-refractivity contribution is 9.10. The molecule has 0 bridgehead atoms. The van der Waals surface area contributed by atoms with Crippen molar-refractivity contribution >= 4 is 21.8 Å². The molecule has 6 nitrogen and oxygen atoms in total. The van der Waals surface area contributed by atoms with Crippen molar-refractivity contribution in [3.8, 4) is 5.75 Å². The van der Waals surface area contributed by atoms with Gasteiger partial charge in [0.1, 0.15) is 12.1 Å². The summed E-state index contributed by atoms with van der Waals surface area (Å²) in [5.41, 5.74) is 0.932. The SMILES string of the molecule is COc1cc(Br)cc(CNC(=O)c2ncnn2C)c1. The lowest BCUT2D eigenvalue weighted by Crippen LogP contribution is -2.26. The molecule has 0 unspecified atom stereocenters. The highest BCUT2D eigenvalue weighted by atomic mass is 79.9. The zero-order valence-electron chi connectivity index (χ0n) is 10.6. The van der Waals surface area contributed by atoms with Gasteiger partial charge in [-0.25, -0.2) is 9.67 Å². The summed E-state index contributed by atoms with van der Waals surface area (Å²) in [4.78, 5) is 15.7. The summed E-state index contributed by atoms with van der Waals surface area (Å²) in [6.07, 6.45) is 1.34. The van der Waals surface area contributed by atoms with Crippen LogP contribution in [0, 0.1) is 0 Å². The molecule has 0 saturated carbocycles. The number of nitrogens with one attached hydrogen (secondary N) is 1. The Labute approximate surface area is 118 Å². The summed E-state index contributed by atoms with van der Waals surface area (Å²) in [7, 11) is 3.27. The van der Waals surface area contributed by atoms with E-state index in [2.05, 4.69) is 31.3 Å². The number of nitrogens with zero attached hydrogens (tertiary/aromatic N) is 3. The molecule has 2 aromatic rings. The first-order valence-corrected chi connectivity index (χ1v) is 6.35. The molecule has 0 aliphatic carbocycles. The van der Waals surface area contributed by atoms with Crippen molar-refractivity contribution in [2.45, 2.75) is 6.54 Å². The molecule has 100 valence electrons. The predicted octanol–water partition coefficient (Wildman–Crippen LogP) is 1.52. The van der Waals surface area contributed by atoms with E-state index in [9.17, 15) is 4.79 Å². The minimum atomic E-state index is -0.265. The van der Waals surface area contributed by atoms with E-state index in [0.717, 1.165) is 15.8 Å². The van der Waals surface area contributed by atoms with E-state index in [1.54, 1.807) is 14.2 Å². The number of ether oxygens (including phenoxy) is 1. The number of carbonyl (C=O) groups is 1. The monoisotopic (exact) mass is 324 g/mol. The van der Waals surface area contributed by atoms with Gasteiger partial charge in [0.2, 0.25) is 5.82 Å². The van der Waals surface area contributed by atoms with Gasteiger partial charge in [0.05, 0.1) is 7.11 Å². The smallest absolute Gasteiger partial charge is 0.289 e. The van der Waals surface area contributed by atoms with Gasteiger partial charge in [0.15, 0.2) is 0 Å². The van der Waals surface area contributed by atoms with E-state index in [4.69, 9.17) is 4.74 Å². The zero-order valence-corrected chi connectivity index (χ0v) is 12.1. The van der Waals surface area contributed by atoms with E-state index in [1.807, 2.05) is 18.2 Å². The van der Waals surface area contributed by atoms with Gasteiger partial charge in [0, 0.05) is 18.1 Å². The number of hydrogen-bond donors (Lipinski definition) is 1. The van der Waals surface area contributed by atoms with Crippen LogP contribution >= 0.6 is 15.9 Å². The van der Waals surface area contributed by atoms with Crippen molar-refractivity contribution in [2.75, 3.05) is 7.11 Å². The van der Waals surface area contributed by atoms with Crippen molar-refractivity contribution in [1.82, 2.24) is 20.1 Å². The molecular formula is C12H13BrN4O2. The molecule has 1 aromatic heterocycles. The van der Waals surface area contributed by atoms with Crippen LogP contribution in [0.1, 0.15) is 16.2 Å². The van der Waals surface area contributed by atoms with E-state index < -0.39 is 0 Å². The van der Waals surface area contributed by atoms with Crippen molar-refractivity contribution < 1.29 is 9.53 Å². The maximum Gasteiger partial charge on any atom is 0.289 e. The number of halogens is 1. The second-order valence-corrected chi connectivity index (χ2v) is 4.80. The second kappa shape index (κ2) is 5.83. The predicted molar refractivity (Wildman–Crippen MR) is 72.9 cm³/mol. The van der Waals surface area contributed by atoms with Gasteiger partial charge < -0.3 is 10.1 Å². The molecule has 0 radical (unpaired) electrons. The van der Waals surface area contributed by atoms with Crippen LogP contribution in [0.5, 0.6) is 5.75 Å². The van der Waals surface area contributed by atoms with Gasteiger partial charge in [-0.2, -0.15) is 5.10 Å². The Bertz CT molecular complexity index is 597. The lowest BCUT2D eigenvalue weighted by molar-refractivity contribution is 0.0936. The zero-order chi connectivity index (χ0) is 13.8. The number of aromatic nitrogens is 3. The number of hydrogen-bond acceptors (Lipinski definition) is 4. The lowest BCUT2D eigenvalue weighted by atomic mass is 10.2. The Kier molecular flexibility index (Phi) is 4.16. The third-order valence-corrected chi connectivity index (χ3v) is 2.99. The summed E-state index contributed by atoms with van der Waals surface area (Å²) in [6.45, 7) is 0.390. The molecule has 1 amide bonds. The molecule has 1 heterocycles. The summed E-state index contributed by atoms with van der Waals surface area (Å²) in [5, 5.41) is 6.63. The highest BCUT2D eigenvalue weighted by Crippen LogP contribution is 2.21. The number of carbonyl (C=O) groups excluding carboxylic acids is 1. The lowest BCUT2D eigenvalue weighted by Gasteiger charge is -2.07. The normalized spacial score (nSPS) is 10.3. The van der Waals surface area contributed by atoms with E-state index in [0.29, 0.717) is 6.54 Å². The van der Waals surface area contributed by atoms with Crippen molar-refractivity contribution in [1.29, 1.82) is 0 Å². The van der Waals surface area contributed by atoms with Gasteiger partial charge in [0.25, 0.3) is 5.91 Å². The molecule has 0 fully saturated rings. The average Bonchev–Trinajstić information content (AvgIpc) is 2.81. The van der Waals surface area contributed by atoms with Gasteiger partial charge in [-0.3, -0.25) is 4.79 Å². The largest absolute Gasteiger partial charge is 0.497 e. The van der Waals surface area contributed by atoms with Crippen LogP contribution in [-0.4, -0.2) is 27.8 Å². The number of benzene rings is 1. The van der Waals surface area contributed by atoms with Crippen LogP contribution in [0.15, 0.2) is 29.0 Å². The summed E-state index contributed by atoms with van der Waals surface area (Å²) in [5.74, 6) is 0.748. The fourth-order valence-corrected chi connectivity index (χ4v) is 2.12. The fraction of sp³-hybridized carbons (Fsp3) is 0.250. The Balaban J connectivity index is 2.05. The number of amides is 1. The first-order chi connectivity index (χ1) is 9.10. The molecule has 19 heavy (non-hydrogen) atoms. The molecule has 1 N–H and O–H groups in total. The minimum absolute atomic E-state index is 0.265. The first kappa shape index (κ1) is 13.5. The molecule has 1 aromatic carbocycles. The molecule has 2 rings (SSSR count). The Morgan fingerprint density at radius 1 is 1.47 bits per heavy atom. The molecular weight excluding hydrogens is 312 g/mol. The fourth-order valence-electron chi connectivity index (χ4n) is 1.60. The van der Waals surface area contributed by atoms with Crippen molar-refractivity contribution in [2.24, 2.45) is 7.05 Å². The Hall–Kier alpha value is -1.89. The van der Waals surface area contributed by atoms with Crippen LogP contribution in [0.3, 0.4) is 0 Å². The van der Waals surface area contributed by atoms with Gasteiger partial charge in [-0.05, 0) is 23.8 Å². The standard InChI is InChI=1S/C12H13BrN4O2/c1-17-11(15-7-16-17)12(18)14-6-8-3-9(13)5-10(4-8)19-2/h3-5,7H,6H2,1-2H3,(H,14,18). The van der Waals surface area contributed by atoms with Crippen molar-refractivity contribution in [3.63, 3.8) is 0 Å². The second-order valence-electron chi connectivity index (χ2n) is 3.89. The van der Waals surface area contributed by atoms with Gasteiger partial charge in [-0.1, -0.05) is 15.9 Å². The number of aryl methyl sites for hydroxylation is 1. The highest BCUT2D eigenvalue weighted by Gasteiger charge is 2.11. The molecule has 0 saturated heterocycles. The van der Waals surface area contributed by atoms with Crippen LogP contribution in [0.25, 0.3) is 0 Å². The Morgan fingerprint density at radius 2 is 2.26 bits per heavy atom. The van der Waals surface area contributed by atoms with Crippen LogP contribution in [-0.2, 0) is 13.6 Å². The Morgan fingerprint density at radius 3 is 2.89 bits per heavy atom. The van der Waals surface area contributed by atoms with Crippen LogP contribution in [0.4, 0.5) is 0 Å². The molecule has 0 aliphatic rings. The minimum Gasteiger partial charge on any atom is -0.497 e. The third-order valence-electron chi connectivity index (χ3n) is 2.53. The summed E-state index contributed by atoms with van der Waals surface area (Å²) >= 11 is 3.39. The van der Waals surface area contributed by atoms with E-state index >= 15 is 0 Å². The van der Waals surface area contributed by atoms with Crippen LogP contribution in [0.2, 0.25) is 0 Å². The third kappa shape index (κ3) is 3.31. The molecule has 0 aliphatic heterocycles. The van der Waals surface area contributed by atoms with E-state index in [-0.39, 0.29) is 11.7 Å². The molecule has 0 spiro atoms. The molecule has 0 atom stereocenters. The first-order valence-electron chi connectivity index (χ1n) is 5.56. The summed E-state index contributed by atoms with van der Waals surface area (Å²) < 4.78 is 7.49. The van der Waals surface area contributed by atoms with Gasteiger partial charge >= 0.3 is 0 Å². The van der Waals surface area contributed by atoms with Crippen molar-refractivity contribution in [3.05, 3.63) is 40.4 Å². The van der Waals surface area contributed by atoms with Crippen LogP contribution < -0.4 is 10.1 Å². The number of rotatable bonds is 4. The maximum atomic E-state index is 11.9. The summed E-state index contributed by atoms with van der Waals surface area (Å²) in [6, 6.07) is 5.63. The van der Waals surface area contributed by atoms with E-state index in [1.165, 1.54) is 11.0 Å². The van der Waals surface area contributed by atoms with Gasteiger partial charge in [-0.15, -0.1) is 0 Å². The maximum absolute atomic E-state index is 11.9. The number of methoxy groups -OCH3 is 1. The molecule has 7 heteroatoms.